The van der Waals surface area contributed by atoms with Crippen molar-refractivity contribution in [2.45, 2.75) is 26.8 Å². The highest BCUT2D eigenvalue weighted by molar-refractivity contribution is 5.88. The van der Waals surface area contributed by atoms with Crippen molar-refractivity contribution >= 4 is 11.9 Å². The number of nitrogens with one attached hydrogen (secondary N) is 1. The van der Waals surface area contributed by atoms with Crippen LogP contribution in [-0.2, 0) is 4.79 Å². The lowest BCUT2D eigenvalue weighted by Crippen LogP contribution is -2.38. The summed E-state index contributed by atoms with van der Waals surface area (Å²) in [5.74, 6) is -2.03. The predicted molar refractivity (Wildman–Crippen MR) is 71.3 cm³/mol. The van der Waals surface area contributed by atoms with Crippen LogP contribution in [0, 0.1) is 11.7 Å². The molecule has 1 amide bonds. The van der Waals surface area contributed by atoms with E-state index in [0.29, 0.717) is 0 Å². The van der Waals surface area contributed by atoms with Gasteiger partial charge in [0.2, 0.25) is 0 Å². The lowest BCUT2D eigenvalue weighted by Gasteiger charge is -2.17. The van der Waals surface area contributed by atoms with Crippen LogP contribution in [0.25, 0.3) is 0 Å². The van der Waals surface area contributed by atoms with Crippen LogP contribution in [0.3, 0.4) is 0 Å². The molecule has 0 saturated heterocycles. The number of rotatable bonds is 6. The van der Waals surface area contributed by atoms with Gasteiger partial charge in [-0.05, 0) is 25.0 Å². The largest absolute Gasteiger partial charge is 0.484 e. The van der Waals surface area contributed by atoms with E-state index in [-0.39, 0.29) is 35.8 Å². The number of halogens is 1. The molecule has 110 valence electrons. The van der Waals surface area contributed by atoms with Crippen molar-refractivity contribution in [2.24, 2.45) is 5.92 Å². The number of benzene rings is 1. The Morgan fingerprint density at radius 1 is 1.30 bits per heavy atom. The summed E-state index contributed by atoms with van der Waals surface area (Å²) >= 11 is 0. The van der Waals surface area contributed by atoms with Crippen LogP contribution in [0.4, 0.5) is 4.39 Å². The van der Waals surface area contributed by atoms with E-state index in [1.165, 1.54) is 6.07 Å². The fourth-order valence-corrected chi connectivity index (χ4v) is 1.38. The van der Waals surface area contributed by atoms with Crippen LogP contribution in [0.15, 0.2) is 18.2 Å². The SMILES string of the molecule is CC(C)C(C)NC(=O)COc1cc(F)cc(C(=O)O)c1. The van der Waals surface area contributed by atoms with Gasteiger partial charge in [-0.15, -0.1) is 0 Å². The van der Waals surface area contributed by atoms with Gasteiger partial charge >= 0.3 is 5.97 Å². The Morgan fingerprint density at radius 2 is 1.95 bits per heavy atom. The van der Waals surface area contributed by atoms with E-state index in [9.17, 15) is 14.0 Å². The molecule has 0 fully saturated rings. The monoisotopic (exact) mass is 283 g/mol. The molecule has 1 unspecified atom stereocenters. The standard InChI is InChI=1S/C14H18FNO4/c1-8(2)9(3)16-13(17)7-20-12-5-10(14(18)19)4-11(15)6-12/h4-6,8-9H,7H2,1-3H3,(H,16,17)(H,18,19). The number of carbonyl (C=O) groups is 2. The van der Waals surface area contributed by atoms with Crippen molar-refractivity contribution in [2.75, 3.05) is 6.61 Å². The van der Waals surface area contributed by atoms with Gasteiger partial charge in [-0.2, -0.15) is 0 Å². The second kappa shape index (κ2) is 6.88. The highest BCUT2D eigenvalue weighted by Crippen LogP contribution is 2.16. The molecule has 0 aliphatic heterocycles. The minimum Gasteiger partial charge on any atom is -0.484 e. The molecule has 0 bridgehead atoms. The van der Waals surface area contributed by atoms with Gasteiger partial charge in [0.05, 0.1) is 5.56 Å². The van der Waals surface area contributed by atoms with Crippen molar-refractivity contribution in [3.8, 4) is 5.75 Å². The van der Waals surface area contributed by atoms with E-state index in [1.54, 1.807) is 0 Å². The van der Waals surface area contributed by atoms with Gasteiger partial charge in [-0.1, -0.05) is 13.8 Å². The van der Waals surface area contributed by atoms with Gasteiger partial charge < -0.3 is 15.2 Å². The van der Waals surface area contributed by atoms with Crippen molar-refractivity contribution < 1.29 is 23.8 Å². The number of carboxylic acids is 1. The van der Waals surface area contributed by atoms with E-state index in [0.717, 1.165) is 12.1 Å². The maximum atomic E-state index is 13.2. The van der Waals surface area contributed by atoms with E-state index in [4.69, 9.17) is 9.84 Å². The number of aromatic carboxylic acids is 1. The molecular weight excluding hydrogens is 265 g/mol. The third-order valence-corrected chi connectivity index (χ3v) is 2.88. The summed E-state index contributed by atoms with van der Waals surface area (Å²) in [6.07, 6.45) is 0. The molecule has 1 atom stereocenters. The van der Waals surface area contributed by atoms with Crippen molar-refractivity contribution in [3.05, 3.63) is 29.6 Å². The van der Waals surface area contributed by atoms with Crippen LogP contribution >= 0.6 is 0 Å². The number of carbonyl (C=O) groups excluding carboxylic acids is 1. The smallest absolute Gasteiger partial charge is 0.335 e. The normalized spacial score (nSPS) is 12.1. The highest BCUT2D eigenvalue weighted by Gasteiger charge is 2.12. The van der Waals surface area contributed by atoms with Crippen LogP contribution in [0.5, 0.6) is 5.75 Å². The Labute approximate surface area is 116 Å². The number of hydrogen-bond acceptors (Lipinski definition) is 3. The van der Waals surface area contributed by atoms with Crippen molar-refractivity contribution in [1.82, 2.24) is 5.32 Å². The maximum absolute atomic E-state index is 13.2. The summed E-state index contributed by atoms with van der Waals surface area (Å²) in [7, 11) is 0. The zero-order valence-electron chi connectivity index (χ0n) is 11.6. The van der Waals surface area contributed by atoms with Crippen LogP contribution in [0.1, 0.15) is 31.1 Å². The van der Waals surface area contributed by atoms with E-state index >= 15 is 0 Å². The molecule has 0 radical (unpaired) electrons. The molecule has 6 heteroatoms. The van der Waals surface area contributed by atoms with Gasteiger partial charge in [0.15, 0.2) is 6.61 Å². The van der Waals surface area contributed by atoms with Gasteiger partial charge in [0.25, 0.3) is 5.91 Å². The van der Waals surface area contributed by atoms with Crippen molar-refractivity contribution in [3.63, 3.8) is 0 Å². The second-order valence-corrected chi connectivity index (χ2v) is 4.87. The Morgan fingerprint density at radius 3 is 2.50 bits per heavy atom. The third-order valence-electron chi connectivity index (χ3n) is 2.88. The van der Waals surface area contributed by atoms with E-state index in [1.807, 2.05) is 20.8 Å². The molecule has 5 nitrogen and oxygen atoms in total. The van der Waals surface area contributed by atoms with Gasteiger partial charge in [-0.3, -0.25) is 4.79 Å². The van der Waals surface area contributed by atoms with Crippen LogP contribution < -0.4 is 10.1 Å². The quantitative estimate of drug-likeness (QED) is 0.838. The average Bonchev–Trinajstić information content (AvgIpc) is 2.35. The zero-order valence-corrected chi connectivity index (χ0v) is 11.6. The minimum absolute atomic E-state index is 0.00631. The Hall–Kier alpha value is -2.11. The number of carboxylic acid groups (broad SMARTS) is 1. The number of amides is 1. The first kappa shape index (κ1) is 15.9. The fraction of sp³-hybridized carbons (Fsp3) is 0.429. The molecular formula is C14H18FNO4. The lowest BCUT2D eigenvalue weighted by atomic mass is 10.1. The van der Waals surface area contributed by atoms with E-state index in [2.05, 4.69) is 5.32 Å². The summed E-state index contributed by atoms with van der Waals surface area (Å²) < 4.78 is 18.3. The molecule has 0 aliphatic rings. The Balaban J connectivity index is 2.61. The number of hydrogen-bond donors (Lipinski definition) is 2. The van der Waals surface area contributed by atoms with E-state index < -0.39 is 11.8 Å². The fourth-order valence-electron chi connectivity index (χ4n) is 1.38. The first-order valence-electron chi connectivity index (χ1n) is 6.25. The first-order chi connectivity index (χ1) is 9.29. The van der Waals surface area contributed by atoms with Gasteiger partial charge in [0.1, 0.15) is 11.6 Å². The Bertz CT molecular complexity index is 502. The van der Waals surface area contributed by atoms with Crippen LogP contribution in [-0.4, -0.2) is 29.6 Å². The van der Waals surface area contributed by atoms with Crippen LogP contribution in [0.2, 0.25) is 0 Å². The molecule has 0 saturated carbocycles. The second-order valence-electron chi connectivity index (χ2n) is 4.87. The Kier molecular flexibility index (Phi) is 5.49. The minimum atomic E-state index is -1.26. The molecule has 2 N–H and O–H groups in total. The molecule has 20 heavy (non-hydrogen) atoms. The molecule has 0 heterocycles. The molecule has 1 rings (SSSR count). The van der Waals surface area contributed by atoms with Gasteiger partial charge in [-0.25, -0.2) is 9.18 Å². The van der Waals surface area contributed by atoms with Gasteiger partial charge in [0, 0.05) is 12.1 Å². The third kappa shape index (κ3) is 4.87. The predicted octanol–water partition coefficient (Wildman–Crippen LogP) is 2.06. The topological polar surface area (TPSA) is 75.6 Å². The maximum Gasteiger partial charge on any atom is 0.335 e. The number of ether oxygens (including phenoxy) is 1. The average molecular weight is 283 g/mol. The van der Waals surface area contributed by atoms with Crippen molar-refractivity contribution in [1.29, 1.82) is 0 Å². The molecule has 0 spiro atoms. The molecule has 1 aromatic rings. The highest BCUT2D eigenvalue weighted by atomic mass is 19.1. The summed E-state index contributed by atoms with van der Waals surface area (Å²) in [6, 6.07) is 3.08. The molecule has 0 aromatic heterocycles. The lowest BCUT2D eigenvalue weighted by molar-refractivity contribution is -0.124. The zero-order chi connectivity index (χ0) is 15.3. The first-order valence-corrected chi connectivity index (χ1v) is 6.25. The summed E-state index contributed by atoms with van der Waals surface area (Å²) in [6.45, 7) is 5.52. The summed E-state index contributed by atoms with van der Waals surface area (Å²) in [5.41, 5.74) is -0.226. The summed E-state index contributed by atoms with van der Waals surface area (Å²) in [5, 5.41) is 11.5. The summed E-state index contributed by atoms with van der Waals surface area (Å²) in [4.78, 5) is 22.4. The molecule has 1 aromatic carbocycles. The molecule has 0 aliphatic carbocycles.